The predicted molar refractivity (Wildman–Crippen MR) is 79.6 cm³/mol. The summed E-state index contributed by atoms with van der Waals surface area (Å²) in [6, 6.07) is 4.54. The molecule has 0 N–H and O–H groups in total. The lowest BCUT2D eigenvalue weighted by Gasteiger charge is -2.32. The average Bonchev–Trinajstić information content (AvgIpc) is 2.42. The van der Waals surface area contributed by atoms with Crippen LogP contribution in [-0.4, -0.2) is 53.6 Å². The van der Waals surface area contributed by atoms with Crippen molar-refractivity contribution in [3.8, 4) is 0 Å². The maximum atomic E-state index is 12.2. The van der Waals surface area contributed by atoms with Crippen LogP contribution in [0, 0.1) is 0 Å². The van der Waals surface area contributed by atoms with E-state index in [-0.39, 0.29) is 42.3 Å². The predicted octanol–water partition coefficient (Wildman–Crippen LogP) is 1.87. The first kappa shape index (κ1) is 15.8. The average molecular weight is 329 g/mol. The maximum Gasteiger partial charge on any atom is 0.243 e. The van der Waals surface area contributed by atoms with Gasteiger partial charge in [0.2, 0.25) is 11.8 Å². The fourth-order valence-electron chi connectivity index (χ4n) is 2.11. The topological polar surface area (TPSA) is 57.7 Å². The number of likely N-dealkylation sites (N-methyl/N-ethyl adjacent to an activating group) is 1. The van der Waals surface area contributed by atoms with Gasteiger partial charge in [0.15, 0.2) is 5.78 Å². The van der Waals surface area contributed by atoms with Gasteiger partial charge in [-0.25, -0.2) is 0 Å². The molecular weight excluding hydrogens is 315 g/mol. The van der Waals surface area contributed by atoms with E-state index < -0.39 is 0 Å². The molecule has 0 radical (unpaired) electrons. The Bertz CT molecular complexity index is 604. The number of carbonyl (C=O) groups excluding carboxylic acids is 3. The second kappa shape index (κ2) is 6.45. The van der Waals surface area contributed by atoms with Crippen LogP contribution in [0.4, 0.5) is 0 Å². The number of piperazine rings is 1. The molecule has 0 aromatic heterocycles. The van der Waals surface area contributed by atoms with Crippen molar-refractivity contribution in [3.63, 3.8) is 0 Å². The summed E-state index contributed by atoms with van der Waals surface area (Å²) in [6.45, 7) is 2.05. The van der Waals surface area contributed by atoms with E-state index in [1.807, 2.05) is 0 Å². The number of hydrogen-bond donors (Lipinski definition) is 0. The maximum absolute atomic E-state index is 12.2. The minimum absolute atomic E-state index is 0.0109. The number of Topliss-reactive ketones (excluding diaryl/α,β-unsaturated/α-hetero) is 1. The van der Waals surface area contributed by atoms with Crippen molar-refractivity contribution in [3.05, 3.63) is 33.8 Å². The zero-order valence-corrected chi connectivity index (χ0v) is 12.9. The third-order valence-electron chi connectivity index (χ3n) is 3.31. The van der Waals surface area contributed by atoms with Crippen LogP contribution in [0.25, 0.3) is 0 Å². The Morgan fingerprint density at radius 1 is 1.14 bits per heavy atom. The fourth-order valence-corrected chi connectivity index (χ4v) is 2.62. The number of halogens is 2. The Kier molecular flexibility index (Phi) is 4.85. The molecule has 21 heavy (non-hydrogen) atoms. The monoisotopic (exact) mass is 328 g/mol. The molecule has 0 aliphatic carbocycles. The van der Waals surface area contributed by atoms with Crippen LogP contribution in [0.15, 0.2) is 18.2 Å². The molecule has 2 rings (SSSR count). The van der Waals surface area contributed by atoms with Gasteiger partial charge >= 0.3 is 0 Å². The van der Waals surface area contributed by atoms with Gasteiger partial charge in [0.1, 0.15) is 6.54 Å². The smallest absolute Gasteiger partial charge is 0.243 e. The van der Waals surface area contributed by atoms with E-state index in [0.717, 1.165) is 0 Å². The second-order valence-corrected chi connectivity index (χ2v) is 5.55. The molecule has 0 atom stereocenters. The summed E-state index contributed by atoms with van der Waals surface area (Å²) in [4.78, 5) is 38.6. The van der Waals surface area contributed by atoms with E-state index in [0.29, 0.717) is 17.1 Å². The molecule has 2 amide bonds. The Morgan fingerprint density at radius 3 is 2.38 bits per heavy atom. The lowest BCUT2D eigenvalue weighted by atomic mass is 10.1. The van der Waals surface area contributed by atoms with Crippen molar-refractivity contribution in [2.24, 2.45) is 0 Å². The number of hydrogen-bond acceptors (Lipinski definition) is 3. The summed E-state index contributed by atoms with van der Waals surface area (Å²) in [5, 5.41) is 0.665. The summed E-state index contributed by atoms with van der Waals surface area (Å²) >= 11 is 11.7. The highest BCUT2D eigenvalue weighted by Crippen LogP contribution is 2.21. The van der Waals surface area contributed by atoms with Gasteiger partial charge in [-0.15, -0.1) is 0 Å². The highest BCUT2D eigenvalue weighted by molar-refractivity contribution is 6.36. The van der Waals surface area contributed by atoms with Gasteiger partial charge in [-0.1, -0.05) is 23.2 Å². The zero-order valence-electron chi connectivity index (χ0n) is 11.4. The van der Waals surface area contributed by atoms with E-state index >= 15 is 0 Å². The first-order valence-corrected chi connectivity index (χ1v) is 7.21. The molecule has 5 nitrogen and oxygen atoms in total. The third kappa shape index (κ3) is 3.54. The lowest BCUT2D eigenvalue weighted by Crippen LogP contribution is -2.54. The van der Waals surface area contributed by atoms with Gasteiger partial charge < -0.3 is 9.80 Å². The van der Waals surface area contributed by atoms with Crippen molar-refractivity contribution < 1.29 is 14.4 Å². The van der Waals surface area contributed by atoms with Crippen LogP contribution in [-0.2, 0) is 9.59 Å². The molecule has 7 heteroatoms. The number of ketones is 1. The van der Waals surface area contributed by atoms with Crippen molar-refractivity contribution in [2.75, 3.05) is 26.2 Å². The van der Waals surface area contributed by atoms with Crippen LogP contribution in [0.2, 0.25) is 10.0 Å². The minimum atomic E-state index is -0.317. The molecule has 1 saturated heterocycles. The first-order valence-electron chi connectivity index (χ1n) is 6.46. The molecule has 1 fully saturated rings. The lowest BCUT2D eigenvalue weighted by molar-refractivity contribution is -0.149. The van der Waals surface area contributed by atoms with E-state index in [1.54, 1.807) is 13.0 Å². The molecule has 0 bridgehead atoms. The van der Waals surface area contributed by atoms with Crippen LogP contribution in [0.3, 0.4) is 0 Å². The number of nitrogens with zero attached hydrogens (tertiary/aromatic N) is 2. The molecule has 1 aliphatic rings. The van der Waals surface area contributed by atoms with E-state index in [1.165, 1.54) is 21.9 Å². The van der Waals surface area contributed by atoms with E-state index in [2.05, 4.69) is 0 Å². The molecule has 1 aromatic rings. The van der Waals surface area contributed by atoms with E-state index in [4.69, 9.17) is 23.2 Å². The fraction of sp³-hybridized carbons (Fsp3) is 0.357. The van der Waals surface area contributed by atoms with Gasteiger partial charge in [0, 0.05) is 17.1 Å². The van der Waals surface area contributed by atoms with Crippen molar-refractivity contribution >= 4 is 40.8 Å². The SMILES string of the molecule is CCN1CC(=O)N(CC(=O)c2ccc(Cl)cc2Cl)CC1=O. The van der Waals surface area contributed by atoms with Crippen molar-refractivity contribution in [2.45, 2.75) is 6.92 Å². The Balaban J connectivity index is 2.09. The van der Waals surface area contributed by atoms with E-state index in [9.17, 15) is 14.4 Å². The Hall–Kier alpha value is -1.59. The Morgan fingerprint density at radius 2 is 1.76 bits per heavy atom. The highest BCUT2D eigenvalue weighted by Gasteiger charge is 2.30. The van der Waals surface area contributed by atoms with Gasteiger partial charge in [-0.2, -0.15) is 0 Å². The van der Waals surface area contributed by atoms with Crippen LogP contribution >= 0.6 is 23.2 Å². The van der Waals surface area contributed by atoms with Crippen LogP contribution in [0.5, 0.6) is 0 Å². The molecule has 112 valence electrons. The minimum Gasteiger partial charge on any atom is -0.332 e. The Labute approximate surface area is 132 Å². The molecule has 0 unspecified atom stereocenters. The largest absolute Gasteiger partial charge is 0.332 e. The summed E-state index contributed by atoms with van der Waals surface area (Å²) in [6.07, 6.45) is 0. The molecule has 0 spiro atoms. The summed E-state index contributed by atoms with van der Waals surface area (Å²) < 4.78 is 0. The quantitative estimate of drug-likeness (QED) is 0.793. The molecule has 1 aliphatic heterocycles. The summed E-state index contributed by atoms with van der Waals surface area (Å²) in [5.74, 6) is -0.718. The van der Waals surface area contributed by atoms with Gasteiger partial charge in [0.25, 0.3) is 0 Å². The molecule has 1 heterocycles. The molecule has 1 aromatic carbocycles. The normalized spacial score (nSPS) is 15.6. The molecular formula is C14H14Cl2N2O3. The number of rotatable bonds is 4. The summed E-state index contributed by atoms with van der Waals surface area (Å²) in [5.41, 5.74) is 0.291. The molecule has 0 saturated carbocycles. The standard InChI is InChI=1S/C14H14Cl2N2O3/c1-2-17-7-14(21)18(8-13(17)20)6-12(19)10-4-3-9(15)5-11(10)16/h3-5H,2,6-8H2,1H3. The van der Waals surface area contributed by atoms with Crippen LogP contribution < -0.4 is 0 Å². The second-order valence-electron chi connectivity index (χ2n) is 4.71. The third-order valence-corrected chi connectivity index (χ3v) is 3.85. The number of carbonyl (C=O) groups is 3. The van der Waals surface area contributed by atoms with Gasteiger partial charge in [0.05, 0.1) is 18.1 Å². The van der Waals surface area contributed by atoms with Crippen molar-refractivity contribution in [1.29, 1.82) is 0 Å². The van der Waals surface area contributed by atoms with Crippen LogP contribution in [0.1, 0.15) is 17.3 Å². The number of amides is 2. The van der Waals surface area contributed by atoms with Crippen molar-refractivity contribution in [1.82, 2.24) is 9.80 Å². The highest BCUT2D eigenvalue weighted by atomic mass is 35.5. The zero-order chi connectivity index (χ0) is 15.6. The number of benzene rings is 1. The van der Waals surface area contributed by atoms with Gasteiger partial charge in [-0.3, -0.25) is 14.4 Å². The first-order chi connectivity index (χ1) is 9.92. The summed E-state index contributed by atoms with van der Waals surface area (Å²) in [7, 11) is 0. The van der Waals surface area contributed by atoms with Gasteiger partial charge in [-0.05, 0) is 25.1 Å².